The number of rotatable bonds is 9. The average Bonchev–Trinajstić information content (AvgIpc) is 3.20. The Labute approximate surface area is 218 Å². The van der Waals surface area contributed by atoms with E-state index in [1.54, 1.807) is 48.4 Å². The summed E-state index contributed by atoms with van der Waals surface area (Å²) in [5.41, 5.74) is 1.31. The summed E-state index contributed by atoms with van der Waals surface area (Å²) in [6, 6.07) is 15.5. The van der Waals surface area contributed by atoms with Crippen LogP contribution in [0.25, 0.3) is 11.0 Å². The molecule has 2 heterocycles. The van der Waals surface area contributed by atoms with E-state index in [0.29, 0.717) is 29.4 Å². The molecular weight excluding hydrogens is 489 g/mol. The molecule has 194 valence electrons. The van der Waals surface area contributed by atoms with Gasteiger partial charge in [0.2, 0.25) is 5.76 Å². The van der Waals surface area contributed by atoms with E-state index in [4.69, 9.17) is 18.6 Å². The smallest absolute Gasteiger partial charge is 0.291 e. The zero-order valence-electron chi connectivity index (χ0n) is 21.0. The van der Waals surface area contributed by atoms with Crippen LogP contribution in [0.5, 0.6) is 17.2 Å². The van der Waals surface area contributed by atoms with Crippen LogP contribution < -0.4 is 19.6 Å². The van der Waals surface area contributed by atoms with Crippen LogP contribution in [-0.2, 0) is 6.54 Å². The van der Waals surface area contributed by atoms with Gasteiger partial charge in [-0.25, -0.2) is 4.39 Å². The Balaban J connectivity index is 1.68. The molecule has 1 atom stereocenters. The minimum absolute atomic E-state index is 0.0578. The molecular formula is C30H26FNO6. The first-order valence-corrected chi connectivity index (χ1v) is 12.2. The number of ether oxygens (including phenoxy) is 3. The van der Waals surface area contributed by atoms with Gasteiger partial charge in [-0.2, -0.15) is 0 Å². The van der Waals surface area contributed by atoms with Crippen LogP contribution in [0.1, 0.15) is 40.2 Å². The number of carbonyl (C=O) groups is 1. The summed E-state index contributed by atoms with van der Waals surface area (Å²) in [5.74, 6) is 0.598. The molecule has 38 heavy (non-hydrogen) atoms. The summed E-state index contributed by atoms with van der Waals surface area (Å²) in [5, 5.41) is 0.0730. The fraction of sp³-hybridized carbons (Fsp3) is 0.200. The molecule has 1 unspecified atom stereocenters. The lowest BCUT2D eigenvalue weighted by Crippen LogP contribution is -2.29. The molecule has 1 amide bonds. The van der Waals surface area contributed by atoms with E-state index in [1.165, 1.54) is 12.1 Å². The van der Waals surface area contributed by atoms with Crippen LogP contribution >= 0.6 is 0 Å². The van der Waals surface area contributed by atoms with E-state index in [9.17, 15) is 14.0 Å². The van der Waals surface area contributed by atoms with Crippen molar-refractivity contribution in [2.24, 2.45) is 0 Å². The number of hydrogen-bond donors (Lipinski definition) is 0. The van der Waals surface area contributed by atoms with Crippen molar-refractivity contribution < 1.29 is 27.8 Å². The summed E-state index contributed by atoms with van der Waals surface area (Å²) >= 11 is 0. The van der Waals surface area contributed by atoms with E-state index in [0.717, 1.165) is 11.6 Å². The van der Waals surface area contributed by atoms with Gasteiger partial charge in [0.05, 0.1) is 30.7 Å². The first kappa shape index (κ1) is 25.1. The molecule has 0 N–H and O–H groups in total. The molecule has 8 heteroatoms. The second-order valence-electron chi connectivity index (χ2n) is 8.74. The predicted octanol–water partition coefficient (Wildman–Crippen LogP) is 5.65. The largest absolute Gasteiger partial charge is 0.497 e. The Kier molecular flexibility index (Phi) is 6.87. The summed E-state index contributed by atoms with van der Waals surface area (Å²) in [4.78, 5) is 29.0. The van der Waals surface area contributed by atoms with Crippen LogP contribution in [0.15, 0.2) is 82.5 Å². The van der Waals surface area contributed by atoms with Crippen molar-refractivity contribution in [2.45, 2.75) is 19.5 Å². The van der Waals surface area contributed by atoms with Crippen molar-refractivity contribution in [3.8, 4) is 17.2 Å². The van der Waals surface area contributed by atoms with E-state index in [2.05, 4.69) is 6.58 Å². The van der Waals surface area contributed by atoms with Crippen molar-refractivity contribution in [1.29, 1.82) is 0 Å². The molecule has 7 nitrogen and oxygen atoms in total. The topological polar surface area (TPSA) is 78.2 Å². The second-order valence-corrected chi connectivity index (χ2v) is 8.74. The number of carbonyl (C=O) groups excluding carboxylic acids is 1. The van der Waals surface area contributed by atoms with E-state index >= 15 is 0 Å². The van der Waals surface area contributed by atoms with E-state index < -0.39 is 23.2 Å². The molecule has 4 aromatic rings. The van der Waals surface area contributed by atoms with Crippen LogP contribution in [0.3, 0.4) is 0 Å². The van der Waals surface area contributed by atoms with E-state index in [1.807, 2.05) is 19.1 Å². The fourth-order valence-electron chi connectivity index (χ4n) is 4.66. The van der Waals surface area contributed by atoms with Crippen LogP contribution in [0, 0.1) is 5.82 Å². The monoisotopic (exact) mass is 515 g/mol. The number of hydrogen-bond acceptors (Lipinski definition) is 6. The second kappa shape index (κ2) is 10.4. The number of methoxy groups -OCH3 is 1. The molecule has 0 bridgehead atoms. The summed E-state index contributed by atoms with van der Waals surface area (Å²) < 4.78 is 36.8. The minimum Gasteiger partial charge on any atom is -0.497 e. The first-order chi connectivity index (χ1) is 18.4. The van der Waals surface area contributed by atoms with Crippen LogP contribution in [0.2, 0.25) is 0 Å². The lowest BCUT2D eigenvalue weighted by Gasteiger charge is -2.26. The molecule has 5 rings (SSSR count). The molecule has 0 radical (unpaired) electrons. The van der Waals surface area contributed by atoms with Gasteiger partial charge in [-0.15, -0.1) is 0 Å². The first-order valence-electron chi connectivity index (χ1n) is 12.2. The molecule has 1 aliphatic heterocycles. The lowest BCUT2D eigenvalue weighted by molar-refractivity contribution is 0.0714. The number of amides is 1. The van der Waals surface area contributed by atoms with Crippen molar-refractivity contribution in [3.05, 3.63) is 112 Å². The highest BCUT2D eigenvalue weighted by Gasteiger charge is 2.43. The Morgan fingerprint density at radius 2 is 1.82 bits per heavy atom. The lowest BCUT2D eigenvalue weighted by atomic mass is 9.97. The number of benzene rings is 3. The van der Waals surface area contributed by atoms with Gasteiger partial charge in [0.1, 0.15) is 23.8 Å². The Hall–Kier alpha value is -4.59. The Morgan fingerprint density at radius 1 is 1.03 bits per heavy atom. The maximum absolute atomic E-state index is 14.1. The van der Waals surface area contributed by atoms with Gasteiger partial charge in [0.25, 0.3) is 5.91 Å². The molecule has 0 saturated heterocycles. The van der Waals surface area contributed by atoms with Crippen LogP contribution in [0.4, 0.5) is 4.39 Å². The third-order valence-electron chi connectivity index (χ3n) is 6.38. The highest BCUT2D eigenvalue weighted by molar-refractivity contribution is 5.99. The standard InChI is InChI=1S/C30H26FNO6/c1-4-14-37-24-12-8-19(15-25(24)36-5-2)27-26-28(33)22-16-20(31)9-13-23(22)38-29(26)30(34)32(27)17-18-6-10-21(35-3)11-7-18/h4,6-13,15-16,27H,1,5,14,17H2,2-3H3. The zero-order chi connectivity index (χ0) is 26.8. The zero-order valence-corrected chi connectivity index (χ0v) is 21.0. The van der Waals surface area contributed by atoms with Crippen molar-refractivity contribution >= 4 is 16.9 Å². The van der Waals surface area contributed by atoms with Crippen molar-refractivity contribution in [2.75, 3.05) is 20.3 Å². The number of halogens is 1. The van der Waals surface area contributed by atoms with Gasteiger partial charge in [0.15, 0.2) is 16.9 Å². The normalized spacial score (nSPS) is 14.4. The summed E-state index contributed by atoms with van der Waals surface area (Å²) in [7, 11) is 1.58. The van der Waals surface area contributed by atoms with Crippen molar-refractivity contribution in [1.82, 2.24) is 4.90 Å². The third-order valence-corrected chi connectivity index (χ3v) is 6.38. The summed E-state index contributed by atoms with van der Waals surface area (Å²) in [6.45, 7) is 6.39. The van der Waals surface area contributed by atoms with Gasteiger partial charge in [0, 0.05) is 6.54 Å². The average molecular weight is 516 g/mol. The molecule has 0 saturated carbocycles. The molecule has 1 aromatic heterocycles. The SMILES string of the molecule is C=CCOc1ccc(C2c3c(oc4ccc(F)cc4c3=O)C(=O)N2Cc2ccc(OC)cc2)cc1OCC. The van der Waals surface area contributed by atoms with E-state index in [-0.39, 0.29) is 35.4 Å². The molecule has 0 aliphatic carbocycles. The van der Waals surface area contributed by atoms with Gasteiger partial charge >= 0.3 is 0 Å². The van der Waals surface area contributed by atoms with Gasteiger partial charge in [-0.05, 0) is 60.5 Å². The number of nitrogens with zero attached hydrogens (tertiary/aromatic N) is 1. The van der Waals surface area contributed by atoms with Gasteiger partial charge in [-0.1, -0.05) is 30.9 Å². The molecule has 1 aliphatic rings. The highest BCUT2D eigenvalue weighted by atomic mass is 19.1. The minimum atomic E-state index is -0.795. The molecule has 0 fully saturated rings. The Morgan fingerprint density at radius 3 is 2.53 bits per heavy atom. The quantitative estimate of drug-likeness (QED) is 0.268. The number of fused-ring (bicyclic) bond motifs is 2. The maximum Gasteiger partial charge on any atom is 0.291 e. The van der Waals surface area contributed by atoms with Crippen LogP contribution in [-0.4, -0.2) is 31.1 Å². The van der Waals surface area contributed by atoms with Gasteiger partial charge in [-0.3, -0.25) is 9.59 Å². The van der Waals surface area contributed by atoms with Gasteiger partial charge < -0.3 is 23.5 Å². The van der Waals surface area contributed by atoms with Crippen molar-refractivity contribution in [3.63, 3.8) is 0 Å². The highest BCUT2D eigenvalue weighted by Crippen LogP contribution is 2.42. The summed E-state index contributed by atoms with van der Waals surface area (Å²) in [6.07, 6.45) is 1.63. The Bertz CT molecular complexity index is 1580. The molecule has 0 spiro atoms. The molecule has 3 aromatic carbocycles. The fourth-order valence-corrected chi connectivity index (χ4v) is 4.66. The maximum atomic E-state index is 14.1. The third kappa shape index (κ3) is 4.49. The predicted molar refractivity (Wildman–Crippen MR) is 140 cm³/mol.